The largest absolute Gasteiger partial charge is 0.379 e. The van der Waals surface area contributed by atoms with Crippen LogP contribution in [-0.2, 0) is 23.2 Å². The van der Waals surface area contributed by atoms with E-state index in [4.69, 9.17) is 0 Å². The van der Waals surface area contributed by atoms with E-state index in [1.165, 1.54) is 47.2 Å². The predicted octanol–water partition coefficient (Wildman–Crippen LogP) is 5.15. The van der Waals surface area contributed by atoms with E-state index in [1.807, 2.05) is 0 Å². The zero-order chi connectivity index (χ0) is 35.0. The lowest BCUT2D eigenvalue weighted by molar-refractivity contribution is -0.134. The van der Waals surface area contributed by atoms with Crippen LogP contribution in [0.4, 0.5) is 11.4 Å². The van der Waals surface area contributed by atoms with Gasteiger partial charge in [0, 0.05) is 57.9 Å². The van der Waals surface area contributed by atoms with E-state index in [2.05, 4.69) is 103 Å². The third-order valence-electron chi connectivity index (χ3n) is 11.9. The number of hydrogen-bond acceptors (Lipinski definition) is 8. The molecule has 7 rings (SSSR count). The number of aromatic nitrogens is 2. The molecule has 1 unspecified atom stereocenters. The lowest BCUT2D eigenvalue weighted by Gasteiger charge is -2.47. The van der Waals surface area contributed by atoms with Crippen molar-refractivity contribution >= 4 is 39.1 Å². The topological polar surface area (TPSA) is 103 Å². The number of likely N-dealkylation sites (N-methyl/N-ethyl adjacent to an activating group) is 1. The SMILES string of the molecule is Cc1ccc(N2CCC3(CCN(Cc4ccc([C@H]5C[C@@H](Nc6cnn(C)c(=O)c6Br)CN(C)C5)cc4)CC3)CC2)cc1C1CCC(=O)NC1=O. The van der Waals surface area contributed by atoms with Crippen LogP contribution in [0, 0.1) is 12.3 Å². The number of hydrogen-bond donors (Lipinski definition) is 2. The summed E-state index contributed by atoms with van der Waals surface area (Å²) in [7, 11) is 3.83. The zero-order valence-corrected chi connectivity index (χ0v) is 31.2. The van der Waals surface area contributed by atoms with Crippen LogP contribution in [0.25, 0.3) is 0 Å². The molecule has 4 aliphatic rings. The zero-order valence-electron chi connectivity index (χ0n) is 29.6. The standard InChI is InChI=1S/C39H50BrN7O3/c1-26-4-9-31(21-33(26)32-10-11-35(48)43-37(32)49)47-18-14-39(15-19-47)12-16-46(17-13-39)23-27-5-7-28(8-6-27)29-20-30(25-44(2)24-29)42-34-22-41-45(3)38(50)36(34)40/h4-9,21-22,29-30,32,42H,10-20,23-25H2,1-3H3,(H,43,48,49)/t29-,30+,32?/m0/s1. The molecule has 3 aromatic rings. The Labute approximate surface area is 303 Å². The number of rotatable bonds is 7. The summed E-state index contributed by atoms with van der Waals surface area (Å²) in [5.74, 6) is -0.147. The van der Waals surface area contributed by atoms with Crippen molar-refractivity contribution in [2.45, 2.75) is 76.3 Å². The second-order valence-electron chi connectivity index (χ2n) is 15.3. The summed E-state index contributed by atoms with van der Waals surface area (Å²) >= 11 is 3.46. The molecule has 3 atom stereocenters. The number of halogens is 1. The van der Waals surface area contributed by atoms with Crippen molar-refractivity contribution in [3.63, 3.8) is 0 Å². The Hall–Kier alpha value is -3.54. The first kappa shape index (κ1) is 34.9. The number of carbonyl (C=O) groups excluding carboxylic acids is 2. The van der Waals surface area contributed by atoms with Gasteiger partial charge in [0.15, 0.2) is 0 Å². The summed E-state index contributed by atoms with van der Waals surface area (Å²) in [4.78, 5) is 44.2. The van der Waals surface area contributed by atoms with E-state index in [0.29, 0.717) is 28.6 Å². The lowest BCUT2D eigenvalue weighted by atomic mass is 9.71. The van der Waals surface area contributed by atoms with Gasteiger partial charge >= 0.3 is 0 Å². The normalized spacial score (nSPS) is 24.7. The summed E-state index contributed by atoms with van der Waals surface area (Å²) in [6, 6.07) is 16.1. The molecule has 1 aromatic heterocycles. The summed E-state index contributed by atoms with van der Waals surface area (Å²) in [5.41, 5.74) is 7.16. The van der Waals surface area contributed by atoms with Gasteiger partial charge in [-0.05, 0) is 127 Å². The molecule has 0 radical (unpaired) electrons. The Morgan fingerprint density at radius 2 is 1.68 bits per heavy atom. The maximum absolute atomic E-state index is 12.6. The summed E-state index contributed by atoms with van der Waals surface area (Å²) < 4.78 is 1.87. The summed E-state index contributed by atoms with van der Waals surface area (Å²) in [5, 5.41) is 10.3. The third kappa shape index (κ3) is 7.55. The van der Waals surface area contributed by atoms with Gasteiger partial charge in [0.25, 0.3) is 5.56 Å². The van der Waals surface area contributed by atoms with Gasteiger partial charge in [0.2, 0.25) is 11.8 Å². The molecule has 4 fully saturated rings. The molecule has 4 saturated heterocycles. The van der Waals surface area contributed by atoms with Crippen molar-refractivity contribution in [3.8, 4) is 0 Å². The number of nitrogens with zero attached hydrogens (tertiary/aromatic N) is 5. The number of piperidine rings is 4. The fourth-order valence-electron chi connectivity index (χ4n) is 8.77. The number of imide groups is 1. The van der Waals surface area contributed by atoms with Gasteiger partial charge in [-0.2, -0.15) is 5.10 Å². The van der Waals surface area contributed by atoms with Crippen molar-refractivity contribution in [2.24, 2.45) is 12.5 Å². The van der Waals surface area contributed by atoms with E-state index in [9.17, 15) is 14.4 Å². The molecular formula is C39H50BrN7O3. The molecule has 266 valence electrons. The van der Waals surface area contributed by atoms with E-state index in [0.717, 1.165) is 69.0 Å². The van der Waals surface area contributed by atoms with Crippen LogP contribution in [0.5, 0.6) is 0 Å². The Morgan fingerprint density at radius 3 is 2.40 bits per heavy atom. The van der Waals surface area contributed by atoms with E-state index in [-0.39, 0.29) is 29.3 Å². The fraction of sp³-hybridized carbons (Fsp3) is 0.538. The number of likely N-dealkylation sites (tertiary alicyclic amines) is 2. The summed E-state index contributed by atoms with van der Waals surface area (Å²) in [6.45, 7) is 9.36. The van der Waals surface area contributed by atoms with Gasteiger partial charge in [-0.1, -0.05) is 30.3 Å². The summed E-state index contributed by atoms with van der Waals surface area (Å²) in [6.07, 6.45) is 8.63. The maximum atomic E-state index is 12.6. The molecule has 0 saturated carbocycles. The lowest BCUT2D eigenvalue weighted by Crippen LogP contribution is -2.46. The molecule has 2 amide bonds. The molecule has 2 N–H and O–H groups in total. The van der Waals surface area contributed by atoms with E-state index in [1.54, 1.807) is 13.2 Å². The molecule has 2 aromatic carbocycles. The van der Waals surface area contributed by atoms with Crippen LogP contribution in [0.3, 0.4) is 0 Å². The molecule has 5 heterocycles. The minimum atomic E-state index is -0.243. The number of nitrogens with one attached hydrogen (secondary N) is 2. The average Bonchev–Trinajstić information content (AvgIpc) is 3.11. The molecule has 11 heteroatoms. The first-order valence-electron chi connectivity index (χ1n) is 18.2. The minimum Gasteiger partial charge on any atom is -0.379 e. The maximum Gasteiger partial charge on any atom is 0.282 e. The third-order valence-corrected chi connectivity index (χ3v) is 12.7. The van der Waals surface area contributed by atoms with E-state index < -0.39 is 0 Å². The Balaban J connectivity index is 0.900. The van der Waals surface area contributed by atoms with Gasteiger partial charge in [-0.3, -0.25) is 24.6 Å². The van der Waals surface area contributed by atoms with Gasteiger partial charge in [0.1, 0.15) is 4.47 Å². The van der Waals surface area contributed by atoms with Crippen molar-refractivity contribution < 1.29 is 9.59 Å². The highest BCUT2D eigenvalue weighted by atomic mass is 79.9. The Morgan fingerprint density at radius 1 is 0.960 bits per heavy atom. The van der Waals surface area contributed by atoms with Crippen LogP contribution >= 0.6 is 15.9 Å². The van der Waals surface area contributed by atoms with Crippen molar-refractivity contribution in [3.05, 3.63) is 85.7 Å². The molecule has 4 aliphatic heterocycles. The molecule has 0 bridgehead atoms. The first-order valence-corrected chi connectivity index (χ1v) is 19.0. The van der Waals surface area contributed by atoms with E-state index >= 15 is 0 Å². The smallest absolute Gasteiger partial charge is 0.282 e. The van der Waals surface area contributed by atoms with Crippen LogP contribution in [0.1, 0.15) is 79.0 Å². The van der Waals surface area contributed by atoms with Gasteiger partial charge < -0.3 is 15.1 Å². The van der Waals surface area contributed by atoms with Gasteiger partial charge in [-0.15, -0.1) is 0 Å². The highest BCUT2D eigenvalue weighted by molar-refractivity contribution is 9.10. The molecule has 50 heavy (non-hydrogen) atoms. The van der Waals surface area contributed by atoms with Gasteiger partial charge in [-0.25, -0.2) is 4.68 Å². The Bertz CT molecular complexity index is 1780. The predicted molar refractivity (Wildman–Crippen MR) is 201 cm³/mol. The first-order chi connectivity index (χ1) is 24.1. The fourth-order valence-corrected chi connectivity index (χ4v) is 9.24. The number of anilines is 2. The second kappa shape index (κ2) is 14.6. The minimum absolute atomic E-state index is 0.137. The van der Waals surface area contributed by atoms with Crippen molar-refractivity contribution in [1.29, 1.82) is 0 Å². The highest BCUT2D eigenvalue weighted by Gasteiger charge is 2.38. The Kier molecular flexibility index (Phi) is 10.2. The van der Waals surface area contributed by atoms with Crippen LogP contribution < -0.4 is 21.1 Å². The molecule has 0 aliphatic carbocycles. The number of benzene rings is 2. The van der Waals surface area contributed by atoms with Crippen LogP contribution in [-0.4, -0.2) is 83.8 Å². The molecule has 10 nitrogen and oxygen atoms in total. The molecule has 1 spiro atoms. The highest BCUT2D eigenvalue weighted by Crippen LogP contribution is 2.43. The number of carbonyl (C=O) groups is 2. The second-order valence-corrected chi connectivity index (χ2v) is 16.1. The van der Waals surface area contributed by atoms with Crippen LogP contribution in [0.15, 0.2) is 57.9 Å². The number of amides is 2. The average molecular weight is 745 g/mol. The van der Waals surface area contributed by atoms with Crippen molar-refractivity contribution in [1.82, 2.24) is 24.9 Å². The van der Waals surface area contributed by atoms with Crippen molar-refractivity contribution in [2.75, 3.05) is 56.5 Å². The molecular weight excluding hydrogens is 694 g/mol. The monoisotopic (exact) mass is 743 g/mol. The number of aryl methyl sites for hydroxylation is 2. The van der Waals surface area contributed by atoms with Gasteiger partial charge in [0.05, 0.1) is 17.8 Å². The quantitative estimate of drug-likeness (QED) is 0.321. The van der Waals surface area contributed by atoms with Crippen LogP contribution in [0.2, 0.25) is 0 Å².